The molecule has 1 saturated heterocycles. The van der Waals surface area contributed by atoms with E-state index in [4.69, 9.17) is 4.74 Å². The summed E-state index contributed by atoms with van der Waals surface area (Å²) in [7, 11) is 0. The third-order valence-electron chi connectivity index (χ3n) is 8.04. The fraction of sp³-hybridized carbons (Fsp3) is 0.371. The molecule has 0 aromatic heterocycles. The number of hydrogen-bond donors (Lipinski definition) is 3. The molecule has 44 heavy (non-hydrogen) atoms. The SMILES string of the molecule is CC[C@@H](C=O)NC(=O)[C@@H]1C[C@@H](OCc2ccccc2)CN1C(=O)[C@@H](NC(=O)C(O)(c1ccccc1)c1ccccc1)C(C)C. The number of likely N-dealkylation sites (tertiary alicyclic amines) is 1. The van der Waals surface area contributed by atoms with Crippen LogP contribution in [-0.2, 0) is 36.1 Å². The minimum absolute atomic E-state index is 0.127. The highest BCUT2D eigenvalue weighted by Gasteiger charge is 2.46. The molecular weight excluding hydrogens is 558 g/mol. The van der Waals surface area contributed by atoms with E-state index in [1.165, 1.54) is 4.90 Å². The third-order valence-corrected chi connectivity index (χ3v) is 8.04. The number of carbonyl (C=O) groups is 4. The molecule has 0 aliphatic carbocycles. The molecule has 4 atom stereocenters. The van der Waals surface area contributed by atoms with E-state index in [0.29, 0.717) is 30.4 Å². The Balaban J connectivity index is 1.60. The Kier molecular flexibility index (Phi) is 11.0. The Morgan fingerprint density at radius 3 is 1.98 bits per heavy atom. The molecule has 3 aromatic rings. The number of rotatable bonds is 13. The molecule has 232 valence electrons. The highest BCUT2D eigenvalue weighted by Crippen LogP contribution is 2.31. The van der Waals surface area contributed by atoms with Crippen molar-refractivity contribution >= 4 is 24.0 Å². The molecule has 3 aromatic carbocycles. The van der Waals surface area contributed by atoms with Crippen LogP contribution in [0.4, 0.5) is 0 Å². The van der Waals surface area contributed by atoms with Gasteiger partial charge < -0.3 is 30.2 Å². The van der Waals surface area contributed by atoms with Gasteiger partial charge in [0.25, 0.3) is 5.91 Å². The van der Waals surface area contributed by atoms with Gasteiger partial charge in [-0.2, -0.15) is 0 Å². The number of amides is 3. The van der Waals surface area contributed by atoms with Gasteiger partial charge in [-0.1, -0.05) is 112 Å². The number of carbonyl (C=O) groups excluding carboxylic acids is 4. The standard InChI is InChI=1S/C35H41N3O6/c1-4-28(22-39)36-32(40)30-20-29(44-23-25-14-8-5-9-15-25)21-38(30)33(41)31(24(2)3)37-34(42)35(43,26-16-10-6-11-17-26)27-18-12-7-13-19-27/h5-19,22,24,28-31,43H,4,20-21,23H2,1-3H3,(H,36,40)(H,37,42)/t28-,29+,30-,31-/m0/s1. The van der Waals surface area contributed by atoms with Gasteiger partial charge in [0.1, 0.15) is 18.4 Å². The van der Waals surface area contributed by atoms with Crippen molar-refractivity contribution in [3.05, 3.63) is 108 Å². The summed E-state index contributed by atoms with van der Waals surface area (Å²) in [5.74, 6) is -2.07. The van der Waals surface area contributed by atoms with Crippen molar-refractivity contribution in [2.24, 2.45) is 5.92 Å². The van der Waals surface area contributed by atoms with E-state index in [-0.39, 0.29) is 18.9 Å². The maximum absolute atomic E-state index is 14.2. The van der Waals surface area contributed by atoms with Crippen molar-refractivity contribution in [2.45, 2.75) is 70.1 Å². The maximum atomic E-state index is 14.2. The van der Waals surface area contributed by atoms with Crippen molar-refractivity contribution in [1.29, 1.82) is 0 Å². The fourth-order valence-electron chi connectivity index (χ4n) is 5.44. The molecule has 0 bridgehead atoms. The second kappa shape index (κ2) is 14.9. The van der Waals surface area contributed by atoms with Gasteiger partial charge in [-0.25, -0.2) is 0 Å². The van der Waals surface area contributed by atoms with E-state index in [9.17, 15) is 24.3 Å². The maximum Gasteiger partial charge on any atom is 0.262 e. The topological polar surface area (TPSA) is 125 Å². The number of aliphatic hydroxyl groups is 1. The average Bonchev–Trinajstić information content (AvgIpc) is 3.50. The summed E-state index contributed by atoms with van der Waals surface area (Å²) in [5.41, 5.74) is -0.409. The first kappa shape index (κ1) is 32.6. The average molecular weight is 600 g/mol. The Labute approximate surface area is 258 Å². The first-order chi connectivity index (χ1) is 21.2. The molecule has 0 spiro atoms. The fourth-order valence-corrected chi connectivity index (χ4v) is 5.44. The molecule has 9 nitrogen and oxygen atoms in total. The van der Waals surface area contributed by atoms with Gasteiger partial charge in [0, 0.05) is 13.0 Å². The Hall–Kier alpha value is -4.34. The van der Waals surface area contributed by atoms with Crippen LogP contribution in [0.5, 0.6) is 0 Å². The zero-order valence-corrected chi connectivity index (χ0v) is 25.4. The van der Waals surface area contributed by atoms with E-state index >= 15 is 0 Å². The summed E-state index contributed by atoms with van der Waals surface area (Å²) in [6.07, 6.45) is 0.871. The summed E-state index contributed by atoms with van der Waals surface area (Å²) >= 11 is 0. The van der Waals surface area contributed by atoms with E-state index in [1.807, 2.05) is 30.3 Å². The Morgan fingerprint density at radius 2 is 1.48 bits per heavy atom. The van der Waals surface area contributed by atoms with Gasteiger partial charge in [-0.3, -0.25) is 14.4 Å². The van der Waals surface area contributed by atoms with Crippen LogP contribution in [0.1, 0.15) is 50.3 Å². The van der Waals surface area contributed by atoms with Crippen LogP contribution in [0.15, 0.2) is 91.0 Å². The molecule has 1 fully saturated rings. The molecule has 0 radical (unpaired) electrons. The lowest BCUT2D eigenvalue weighted by Crippen LogP contribution is -2.58. The summed E-state index contributed by atoms with van der Waals surface area (Å²) in [4.78, 5) is 54.5. The van der Waals surface area contributed by atoms with Crippen LogP contribution >= 0.6 is 0 Å². The van der Waals surface area contributed by atoms with Crippen molar-refractivity contribution in [2.75, 3.05) is 6.54 Å². The zero-order chi connectivity index (χ0) is 31.7. The number of hydrogen-bond acceptors (Lipinski definition) is 6. The number of nitrogens with zero attached hydrogens (tertiary/aromatic N) is 1. The van der Waals surface area contributed by atoms with Crippen LogP contribution < -0.4 is 10.6 Å². The molecule has 3 N–H and O–H groups in total. The van der Waals surface area contributed by atoms with E-state index in [0.717, 1.165) is 5.56 Å². The summed E-state index contributed by atoms with van der Waals surface area (Å²) < 4.78 is 6.13. The second-order valence-electron chi connectivity index (χ2n) is 11.5. The largest absolute Gasteiger partial charge is 0.372 e. The molecule has 0 unspecified atom stereocenters. The molecule has 9 heteroatoms. The van der Waals surface area contributed by atoms with Crippen LogP contribution in [0.25, 0.3) is 0 Å². The highest BCUT2D eigenvalue weighted by molar-refractivity contribution is 5.96. The molecule has 3 amide bonds. The zero-order valence-electron chi connectivity index (χ0n) is 25.4. The lowest BCUT2D eigenvalue weighted by atomic mass is 9.85. The second-order valence-corrected chi connectivity index (χ2v) is 11.5. The minimum atomic E-state index is -2.07. The molecular formula is C35H41N3O6. The summed E-state index contributed by atoms with van der Waals surface area (Å²) in [6.45, 7) is 5.80. The van der Waals surface area contributed by atoms with Crippen molar-refractivity contribution < 1.29 is 29.0 Å². The van der Waals surface area contributed by atoms with Gasteiger partial charge in [0.05, 0.1) is 18.8 Å². The van der Waals surface area contributed by atoms with E-state index in [2.05, 4.69) is 10.6 Å². The van der Waals surface area contributed by atoms with Crippen LogP contribution in [-0.4, -0.2) is 64.8 Å². The molecule has 4 rings (SSSR count). The molecule has 1 aliphatic rings. The minimum Gasteiger partial charge on any atom is -0.372 e. The first-order valence-corrected chi connectivity index (χ1v) is 15.0. The van der Waals surface area contributed by atoms with E-state index < -0.39 is 47.6 Å². The number of ether oxygens (including phenoxy) is 1. The lowest BCUT2D eigenvalue weighted by Gasteiger charge is -2.34. The number of benzene rings is 3. The normalized spacial score (nSPS) is 18.0. The number of nitrogens with one attached hydrogen (secondary N) is 2. The van der Waals surface area contributed by atoms with Gasteiger partial charge >= 0.3 is 0 Å². The summed E-state index contributed by atoms with van der Waals surface area (Å²) in [5, 5.41) is 17.5. The van der Waals surface area contributed by atoms with Crippen LogP contribution in [0.2, 0.25) is 0 Å². The molecule has 1 aliphatic heterocycles. The highest BCUT2D eigenvalue weighted by atomic mass is 16.5. The van der Waals surface area contributed by atoms with Gasteiger partial charge in [0.15, 0.2) is 5.60 Å². The van der Waals surface area contributed by atoms with E-state index in [1.54, 1.807) is 81.4 Å². The van der Waals surface area contributed by atoms with Gasteiger partial charge in [-0.05, 0) is 29.0 Å². The van der Waals surface area contributed by atoms with Crippen molar-refractivity contribution in [3.63, 3.8) is 0 Å². The Morgan fingerprint density at radius 1 is 0.932 bits per heavy atom. The monoisotopic (exact) mass is 599 g/mol. The molecule has 0 saturated carbocycles. The molecule has 1 heterocycles. The van der Waals surface area contributed by atoms with Gasteiger partial charge in [0.2, 0.25) is 11.8 Å². The third kappa shape index (κ3) is 7.41. The smallest absolute Gasteiger partial charge is 0.262 e. The lowest BCUT2D eigenvalue weighted by molar-refractivity contribution is -0.146. The van der Waals surface area contributed by atoms with Crippen molar-refractivity contribution in [3.8, 4) is 0 Å². The quantitative estimate of drug-likeness (QED) is 0.259. The van der Waals surface area contributed by atoms with Crippen LogP contribution in [0, 0.1) is 5.92 Å². The van der Waals surface area contributed by atoms with Crippen LogP contribution in [0.3, 0.4) is 0 Å². The predicted octanol–water partition coefficient (Wildman–Crippen LogP) is 3.34. The van der Waals surface area contributed by atoms with Gasteiger partial charge in [-0.15, -0.1) is 0 Å². The Bertz CT molecular complexity index is 1360. The first-order valence-electron chi connectivity index (χ1n) is 15.0. The summed E-state index contributed by atoms with van der Waals surface area (Å²) in [6, 6.07) is 24.1. The number of aldehydes is 1. The predicted molar refractivity (Wildman–Crippen MR) is 166 cm³/mol. The van der Waals surface area contributed by atoms with Crippen molar-refractivity contribution in [1.82, 2.24) is 15.5 Å².